The maximum atomic E-state index is 12.6. The number of fused-ring (bicyclic) bond motifs is 1. The van der Waals surface area contributed by atoms with Crippen LogP contribution < -0.4 is 0 Å². The standard InChI is InChI=1S/C19H35NO4Si/c1-12(2)25(13(3)4,14(5)6)11-16-10-15-8-9-17(18(21)23-7)20(15)19(22)24-16/h12-17H,8-11H2,1-7H3/t15?,16?,17-/m0/s1. The van der Waals surface area contributed by atoms with Crippen molar-refractivity contribution in [1.82, 2.24) is 4.90 Å². The summed E-state index contributed by atoms with van der Waals surface area (Å²) >= 11 is 0. The van der Waals surface area contributed by atoms with Crippen LogP contribution in [0.3, 0.4) is 0 Å². The zero-order chi connectivity index (χ0) is 18.9. The van der Waals surface area contributed by atoms with Crippen LogP contribution in [0.5, 0.6) is 0 Å². The first-order valence-electron chi connectivity index (χ1n) is 9.71. The van der Waals surface area contributed by atoms with Crippen molar-refractivity contribution in [3.05, 3.63) is 0 Å². The van der Waals surface area contributed by atoms with Crippen molar-refractivity contribution < 1.29 is 19.1 Å². The largest absolute Gasteiger partial charge is 0.467 e. The van der Waals surface area contributed by atoms with Crippen molar-refractivity contribution in [1.29, 1.82) is 0 Å². The molecule has 0 bridgehead atoms. The molecule has 0 aliphatic carbocycles. The molecule has 2 rings (SSSR count). The van der Waals surface area contributed by atoms with Crippen LogP contribution in [0.4, 0.5) is 4.79 Å². The summed E-state index contributed by atoms with van der Waals surface area (Å²) in [6.07, 6.45) is 2.06. The minimum absolute atomic E-state index is 0.0102. The van der Waals surface area contributed by atoms with Gasteiger partial charge in [0.15, 0.2) is 0 Å². The summed E-state index contributed by atoms with van der Waals surface area (Å²) in [6.45, 7) is 14.0. The summed E-state index contributed by atoms with van der Waals surface area (Å²) in [5, 5.41) is 0. The van der Waals surface area contributed by atoms with Gasteiger partial charge in [0.25, 0.3) is 0 Å². The van der Waals surface area contributed by atoms with Crippen molar-refractivity contribution in [3.63, 3.8) is 0 Å². The van der Waals surface area contributed by atoms with Gasteiger partial charge in [-0.1, -0.05) is 58.2 Å². The van der Waals surface area contributed by atoms with Crippen LogP contribution in [0.15, 0.2) is 0 Å². The Balaban J connectivity index is 2.16. The number of cyclic esters (lactones) is 1. The Bertz CT molecular complexity index is 484. The zero-order valence-corrected chi connectivity index (χ0v) is 17.9. The summed E-state index contributed by atoms with van der Waals surface area (Å²) < 4.78 is 10.7. The number of amides is 1. The van der Waals surface area contributed by atoms with E-state index in [2.05, 4.69) is 41.5 Å². The average Bonchev–Trinajstić information content (AvgIpc) is 2.95. The van der Waals surface area contributed by atoms with Crippen molar-refractivity contribution >= 4 is 20.1 Å². The summed E-state index contributed by atoms with van der Waals surface area (Å²) in [7, 11) is -0.245. The molecule has 0 aromatic heterocycles. The highest BCUT2D eigenvalue weighted by Gasteiger charge is 2.50. The SMILES string of the molecule is COC(=O)[C@@H]1CCC2CC(C[Si](C(C)C)(C(C)C)C(C)C)OC(=O)N21. The maximum Gasteiger partial charge on any atom is 0.411 e. The van der Waals surface area contributed by atoms with Gasteiger partial charge in [0, 0.05) is 12.5 Å². The quantitative estimate of drug-likeness (QED) is 0.508. The Morgan fingerprint density at radius 2 is 1.72 bits per heavy atom. The van der Waals surface area contributed by atoms with E-state index >= 15 is 0 Å². The van der Waals surface area contributed by atoms with Gasteiger partial charge in [-0.3, -0.25) is 4.90 Å². The second kappa shape index (κ2) is 7.68. The Morgan fingerprint density at radius 1 is 1.16 bits per heavy atom. The highest BCUT2D eigenvalue weighted by molar-refractivity contribution is 6.83. The van der Waals surface area contributed by atoms with Crippen LogP contribution in [0.25, 0.3) is 0 Å². The fourth-order valence-corrected chi connectivity index (χ4v) is 12.0. The predicted octanol–water partition coefficient (Wildman–Crippen LogP) is 4.58. The molecule has 0 aromatic carbocycles. The van der Waals surface area contributed by atoms with Crippen molar-refractivity contribution in [2.75, 3.05) is 7.11 Å². The molecule has 2 heterocycles. The van der Waals surface area contributed by atoms with Crippen LogP contribution in [-0.2, 0) is 14.3 Å². The molecule has 6 heteroatoms. The van der Waals surface area contributed by atoms with E-state index in [-0.39, 0.29) is 24.2 Å². The molecule has 0 spiro atoms. The number of methoxy groups -OCH3 is 1. The van der Waals surface area contributed by atoms with Crippen LogP contribution in [0, 0.1) is 0 Å². The maximum absolute atomic E-state index is 12.6. The monoisotopic (exact) mass is 369 g/mol. The van der Waals surface area contributed by atoms with Gasteiger partial charge in [-0.25, -0.2) is 9.59 Å². The molecule has 5 nitrogen and oxygen atoms in total. The molecule has 2 aliphatic heterocycles. The molecule has 3 atom stereocenters. The number of carbonyl (C=O) groups is 2. The van der Waals surface area contributed by atoms with E-state index in [0.717, 1.165) is 18.9 Å². The predicted molar refractivity (Wildman–Crippen MR) is 101 cm³/mol. The second-order valence-corrected chi connectivity index (χ2v) is 14.8. The molecule has 0 radical (unpaired) electrons. The van der Waals surface area contributed by atoms with Gasteiger partial charge >= 0.3 is 12.1 Å². The summed E-state index contributed by atoms with van der Waals surface area (Å²) in [5.74, 6) is -0.326. The first-order chi connectivity index (χ1) is 11.6. The van der Waals surface area contributed by atoms with E-state index in [4.69, 9.17) is 9.47 Å². The molecular weight excluding hydrogens is 334 g/mol. The molecule has 25 heavy (non-hydrogen) atoms. The van der Waals surface area contributed by atoms with Crippen molar-refractivity contribution in [2.45, 2.75) is 102 Å². The highest BCUT2D eigenvalue weighted by atomic mass is 28.3. The van der Waals surface area contributed by atoms with E-state index in [1.807, 2.05) is 0 Å². The summed E-state index contributed by atoms with van der Waals surface area (Å²) in [4.78, 5) is 26.2. The van der Waals surface area contributed by atoms with Gasteiger partial charge in [0.05, 0.1) is 15.2 Å². The van der Waals surface area contributed by atoms with E-state index in [0.29, 0.717) is 23.0 Å². The number of rotatable bonds is 6. The molecular formula is C19H35NO4Si. The molecule has 2 saturated heterocycles. The molecule has 1 amide bonds. The van der Waals surface area contributed by atoms with Crippen LogP contribution in [0.2, 0.25) is 22.7 Å². The molecule has 2 fully saturated rings. The molecule has 2 aliphatic rings. The number of hydrogen-bond donors (Lipinski definition) is 0. The number of hydrogen-bond acceptors (Lipinski definition) is 4. The molecule has 2 unspecified atom stereocenters. The second-order valence-electron chi connectivity index (χ2n) is 8.70. The van der Waals surface area contributed by atoms with Gasteiger partial charge in [-0.2, -0.15) is 0 Å². The third-order valence-corrected chi connectivity index (χ3v) is 14.4. The number of carbonyl (C=O) groups excluding carboxylic acids is 2. The zero-order valence-electron chi connectivity index (χ0n) is 16.9. The first-order valence-corrected chi connectivity index (χ1v) is 12.2. The molecule has 0 saturated carbocycles. The summed E-state index contributed by atoms with van der Waals surface area (Å²) in [5.41, 5.74) is 1.95. The van der Waals surface area contributed by atoms with Gasteiger partial charge < -0.3 is 9.47 Å². The third kappa shape index (κ3) is 3.60. The Labute approximate surface area is 153 Å². The van der Waals surface area contributed by atoms with E-state index in [1.54, 1.807) is 4.90 Å². The van der Waals surface area contributed by atoms with Crippen LogP contribution >= 0.6 is 0 Å². The lowest BCUT2D eigenvalue weighted by Crippen LogP contribution is -2.54. The Morgan fingerprint density at radius 3 is 2.20 bits per heavy atom. The van der Waals surface area contributed by atoms with Gasteiger partial charge in [0.2, 0.25) is 0 Å². The number of nitrogens with zero attached hydrogens (tertiary/aromatic N) is 1. The van der Waals surface area contributed by atoms with Crippen molar-refractivity contribution in [3.8, 4) is 0 Å². The van der Waals surface area contributed by atoms with Gasteiger partial charge in [0.1, 0.15) is 12.1 Å². The van der Waals surface area contributed by atoms with Gasteiger partial charge in [-0.15, -0.1) is 0 Å². The van der Waals surface area contributed by atoms with E-state index in [9.17, 15) is 9.59 Å². The lowest BCUT2D eigenvalue weighted by Gasteiger charge is -2.47. The minimum atomic E-state index is -1.62. The molecule has 144 valence electrons. The lowest BCUT2D eigenvalue weighted by molar-refractivity contribution is -0.146. The first kappa shape index (κ1) is 20.3. The van der Waals surface area contributed by atoms with E-state index in [1.165, 1.54) is 7.11 Å². The minimum Gasteiger partial charge on any atom is -0.467 e. The van der Waals surface area contributed by atoms with Gasteiger partial charge in [-0.05, 0) is 18.9 Å². The third-order valence-electron chi connectivity index (χ3n) is 6.80. The Kier molecular flexibility index (Phi) is 6.23. The Hall–Kier alpha value is -1.04. The normalized spacial score (nSPS) is 27.0. The molecule has 0 aromatic rings. The number of ether oxygens (including phenoxy) is 2. The fourth-order valence-electron chi connectivity index (χ4n) is 5.54. The highest BCUT2D eigenvalue weighted by Crippen LogP contribution is 2.47. The summed E-state index contributed by atoms with van der Waals surface area (Å²) in [6, 6.07) is 0.679. The smallest absolute Gasteiger partial charge is 0.411 e. The van der Waals surface area contributed by atoms with Crippen molar-refractivity contribution in [2.24, 2.45) is 0 Å². The lowest BCUT2D eigenvalue weighted by atomic mass is 10.1. The average molecular weight is 370 g/mol. The topological polar surface area (TPSA) is 55.8 Å². The molecule has 0 N–H and O–H groups in total. The van der Waals surface area contributed by atoms with Crippen LogP contribution in [0.1, 0.15) is 60.8 Å². The number of esters is 1. The van der Waals surface area contributed by atoms with Crippen LogP contribution in [-0.4, -0.2) is 50.3 Å². The fraction of sp³-hybridized carbons (Fsp3) is 0.895. The van der Waals surface area contributed by atoms with E-state index < -0.39 is 14.1 Å².